The number of imidazole rings is 1. The molecule has 1 aromatic heterocycles. The molecule has 0 fully saturated rings. The Hall–Kier alpha value is -3.86. The number of H-pyrrole nitrogens is 1. The smallest absolute Gasteiger partial charge is 0.327 e. The number of guanidine groups is 1. The number of aliphatic carboxylic acids is 2. The van der Waals surface area contributed by atoms with E-state index in [1.165, 1.54) is 12.5 Å². The predicted molar refractivity (Wildman–Crippen MR) is 134 cm³/mol. The van der Waals surface area contributed by atoms with E-state index in [0.29, 0.717) is 12.1 Å². The van der Waals surface area contributed by atoms with Crippen molar-refractivity contribution in [2.75, 3.05) is 12.3 Å². The topological polar surface area (TPSA) is 281 Å². The standard InChI is InChI=1S/C20H33N9O7S/c21-11(2-1-5-25-20(22)23)16(32)28-13(6-10-7-24-9-26-10)18(34)27-12(3-4-15(30)31)17(33)29-14(8-37)19(35)36/h7,9,11-14,37H,1-6,8,21H2,(H,24,26)(H,27,34)(H,28,32)(H,29,33)(H,30,31)(H,35,36)(H4,22,23,25). The minimum Gasteiger partial charge on any atom is -0.481 e. The molecular weight excluding hydrogens is 510 g/mol. The molecule has 0 bridgehead atoms. The quantitative estimate of drug-likeness (QED) is 0.0401. The van der Waals surface area contributed by atoms with E-state index >= 15 is 0 Å². The van der Waals surface area contributed by atoms with Crippen LogP contribution in [-0.2, 0) is 30.4 Å². The van der Waals surface area contributed by atoms with Gasteiger partial charge in [0.25, 0.3) is 0 Å². The first-order valence-corrected chi connectivity index (χ1v) is 11.8. The minimum atomic E-state index is -1.40. The molecule has 3 amide bonds. The number of rotatable bonds is 17. The Morgan fingerprint density at radius 3 is 2.16 bits per heavy atom. The Bertz CT molecular complexity index is 954. The molecule has 16 nitrogen and oxygen atoms in total. The molecule has 0 aliphatic heterocycles. The largest absolute Gasteiger partial charge is 0.481 e. The zero-order valence-electron chi connectivity index (χ0n) is 19.9. The summed E-state index contributed by atoms with van der Waals surface area (Å²) in [5.41, 5.74) is 16.9. The Balaban J connectivity index is 2.99. The van der Waals surface area contributed by atoms with Gasteiger partial charge < -0.3 is 48.3 Å². The summed E-state index contributed by atoms with van der Waals surface area (Å²) in [7, 11) is 0. The second-order valence-corrected chi connectivity index (χ2v) is 8.34. The van der Waals surface area contributed by atoms with Crippen LogP contribution in [0.4, 0.5) is 0 Å². The monoisotopic (exact) mass is 543 g/mol. The molecule has 0 saturated carbocycles. The molecule has 206 valence electrons. The molecule has 1 rings (SSSR count). The fraction of sp³-hybridized carbons (Fsp3) is 0.550. The van der Waals surface area contributed by atoms with Gasteiger partial charge in [-0.05, 0) is 19.3 Å². The number of aliphatic imine (C=N–C) groups is 1. The first kappa shape index (κ1) is 31.2. The summed E-state index contributed by atoms with van der Waals surface area (Å²) < 4.78 is 0. The molecule has 0 aromatic carbocycles. The van der Waals surface area contributed by atoms with E-state index in [0.717, 1.165) is 0 Å². The Morgan fingerprint density at radius 1 is 1.00 bits per heavy atom. The van der Waals surface area contributed by atoms with Gasteiger partial charge in [-0.25, -0.2) is 9.78 Å². The van der Waals surface area contributed by atoms with Gasteiger partial charge in [0, 0.05) is 37.0 Å². The van der Waals surface area contributed by atoms with Crippen LogP contribution < -0.4 is 33.2 Å². The summed E-state index contributed by atoms with van der Waals surface area (Å²) in [6, 6.07) is -4.99. The SMILES string of the molecule is NC(N)=NCCCC(N)C(=O)NC(Cc1cnc[nH]1)C(=O)NC(CCC(=O)O)C(=O)NC(CS)C(=O)O. The number of hydrogen-bond acceptors (Lipinski definition) is 9. The van der Waals surface area contributed by atoms with Crippen molar-refractivity contribution in [1.82, 2.24) is 25.9 Å². The van der Waals surface area contributed by atoms with E-state index in [2.05, 4.69) is 43.5 Å². The Kier molecular flexibility index (Phi) is 13.5. The maximum atomic E-state index is 13.1. The number of carboxylic acid groups (broad SMARTS) is 2. The van der Waals surface area contributed by atoms with Crippen molar-refractivity contribution in [2.24, 2.45) is 22.2 Å². The van der Waals surface area contributed by atoms with Gasteiger partial charge in [-0.2, -0.15) is 12.6 Å². The third kappa shape index (κ3) is 12.1. The number of thiol groups is 1. The normalized spacial score (nSPS) is 13.9. The van der Waals surface area contributed by atoms with E-state index < -0.39 is 60.2 Å². The highest BCUT2D eigenvalue weighted by atomic mass is 32.1. The van der Waals surface area contributed by atoms with Crippen LogP contribution in [0.3, 0.4) is 0 Å². The number of carboxylic acids is 2. The third-order valence-corrected chi connectivity index (χ3v) is 5.36. The molecule has 4 unspecified atom stereocenters. The molecule has 0 saturated heterocycles. The number of amides is 3. The van der Waals surface area contributed by atoms with E-state index in [1.807, 2.05) is 0 Å². The van der Waals surface area contributed by atoms with Gasteiger partial charge in [0.15, 0.2) is 5.96 Å². The van der Waals surface area contributed by atoms with Crippen LogP contribution in [0.15, 0.2) is 17.5 Å². The molecule has 17 heteroatoms. The summed E-state index contributed by atoms with van der Waals surface area (Å²) in [5.74, 6) is -5.31. The number of nitrogens with one attached hydrogen (secondary N) is 4. The first-order valence-electron chi connectivity index (χ1n) is 11.2. The highest BCUT2D eigenvalue weighted by Crippen LogP contribution is 2.05. The molecule has 0 aliphatic carbocycles. The van der Waals surface area contributed by atoms with Crippen LogP contribution >= 0.6 is 12.6 Å². The summed E-state index contributed by atoms with van der Waals surface area (Å²) in [6.07, 6.45) is 2.53. The molecule has 12 N–H and O–H groups in total. The average molecular weight is 544 g/mol. The van der Waals surface area contributed by atoms with Crippen LogP contribution in [0.2, 0.25) is 0 Å². The molecule has 1 aromatic rings. The third-order valence-electron chi connectivity index (χ3n) is 4.99. The Labute approximate surface area is 217 Å². The van der Waals surface area contributed by atoms with Crippen molar-refractivity contribution in [1.29, 1.82) is 0 Å². The summed E-state index contributed by atoms with van der Waals surface area (Å²) in [5, 5.41) is 25.3. The van der Waals surface area contributed by atoms with Gasteiger partial charge in [-0.3, -0.25) is 24.2 Å². The zero-order valence-corrected chi connectivity index (χ0v) is 20.8. The van der Waals surface area contributed by atoms with Crippen molar-refractivity contribution in [2.45, 2.75) is 56.3 Å². The first-order chi connectivity index (χ1) is 17.4. The molecule has 0 spiro atoms. The van der Waals surface area contributed by atoms with E-state index in [1.54, 1.807) is 0 Å². The highest BCUT2D eigenvalue weighted by molar-refractivity contribution is 7.80. The van der Waals surface area contributed by atoms with Crippen molar-refractivity contribution in [3.8, 4) is 0 Å². The van der Waals surface area contributed by atoms with Gasteiger partial charge in [-0.1, -0.05) is 0 Å². The van der Waals surface area contributed by atoms with Gasteiger partial charge in [-0.15, -0.1) is 0 Å². The van der Waals surface area contributed by atoms with Gasteiger partial charge in [0.05, 0.1) is 12.4 Å². The molecule has 1 heterocycles. The van der Waals surface area contributed by atoms with Gasteiger partial charge in [0.1, 0.15) is 18.1 Å². The number of carbonyl (C=O) groups excluding carboxylic acids is 3. The maximum absolute atomic E-state index is 13.1. The van der Waals surface area contributed by atoms with Crippen molar-refractivity contribution in [3.63, 3.8) is 0 Å². The average Bonchev–Trinajstić information content (AvgIpc) is 3.34. The highest BCUT2D eigenvalue weighted by Gasteiger charge is 2.30. The zero-order chi connectivity index (χ0) is 28.0. The van der Waals surface area contributed by atoms with Crippen molar-refractivity contribution >= 4 is 48.2 Å². The fourth-order valence-corrected chi connectivity index (χ4v) is 3.27. The Morgan fingerprint density at radius 2 is 1.62 bits per heavy atom. The van der Waals surface area contributed by atoms with Crippen LogP contribution in [0.5, 0.6) is 0 Å². The lowest BCUT2D eigenvalue weighted by molar-refractivity contribution is -0.142. The van der Waals surface area contributed by atoms with E-state index in [4.69, 9.17) is 27.4 Å². The van der Waals surface area contributed by atoms with Crippen LogP contribution in [0.25, 0.3) is 0 Å². The maximum Gasteiger partial charge on any atom is 0.327 e. The predicted octanol–water partition coefficient (Wildman–Crippen LogP) is -3.33. The fourth-order valence-electron chi connectivity index (χ4n) is 3.02. The number of hydrogen-bond donors (Lipinski definition) is 10. The molecule has 37 heavy (non-hydrogen) atoms. The number of nitrogens with zero attached hydrogens (tertiary/aromatic N) is 2. The molecular formula is C20H33N9O7S. The number of carbonyl (C=O) groups is 5. The van der Waals surface area contributed by atoms with Gasteiger partial charge >= 0.3 is 11.9 Å². The van der Waals surface area contributed by atoms with E-state index in [9.17, 15) is 24.0 Å². The molecule has 0 aliphatic rings. The number of aromatic amines is 1. The molecule has 4 atom stereocenters. The lowest BCUT2D eigenvalue weighted by Gasteiger charge is -2.24. The summed E-state index contributed by atoms with van der Waals surface area (Å²) in [6.45, 7) is 0.255. The van der Waals surface area contributed by atoms with Crippen LogP contribution in [-0.4, -0.2) is 92.3 Å². The van der Waals surface area contributed by atoms with Crippen molar-refractivity contribution in [3.05, 3.63) is 18.2 Å². The lowest BCUT2D eigenvalue weighted by atomic mass is 10.1. The summed E-state index contributed by atoms with van der Waals surface area (Å²) in [4.78, 5) is 71.2. The van der Waals surface area contributed by atoms with E-state index in [-0.39, 0.29) is 37.5 Å². The number of aromatic nitrogens is 2. The van der Waals surface area contributed by atoms with Crippen LogP contribution in [0.1, 0.15) is 31.4 Å². The van der Waals surface area contributed by atoms with Gasteiger partial charge in [0.2, 0.25) is 17.7 Å². The summed E-state index contributed by atoms with van der Waals surface area (Å²) >= 11 is 3.87. The van der Waals surface area contributed by atoms with Crippen LogP contribution in [0, 0.1) is 0 Å². The molecule has 0 radical (unpaired) electrons. The second kappa shape index (κ2) is 16.0. The minimum absolute atomic E-state index is 0.0556. The van der Waals surface area contributed by atoms with Crippen molar-refractivity contribution < 1.29 is 34.2 Å². The second-order valence-electron chi connectivity index (χ2n) is 7.97. The lowest BCUT2D eigenvalue weighted by Crippen LogP contribution is -2.57. The number of nitrogens with two attached hydrogens (primary N) is 3.